The van der Waals surface area contributed by atoms with Crippen molar-refractivity contribution >= 4 is 17.5 Å². The van der Waals surface area contributed by atoms with Crippen molar-refractivity contribution in [1.29, 1.82) is 0 Å². The van der Waals surface area contributed by atoms with Crippen LogP contribution in [0, 0.1) is 0 Å². The summed E-state index contributed by atoms with van der Waals surface area (Å²) >= 11 is 0. The second-order valence-electron chi connectivity index (χ2n) is 6.41. The Bertz CT molecular complexity index is 831. The molecule has 0 unspecified atom stereocenters. The molecule has 0 fully saturated rings. The highest BCUT2D eigenvalue weighted by Crippen LogP contribution is 2.31. The van der Waals surface area contributed by atoms with Crippen molar-refractivity contribution in [3.05, 3.63) is 64.7 Å². The Balaban J connectivity index is 1.46. The van der Waals surface area contributed by atoms with Crippen LogP contribution in [-0.2, 0) is 28.9 Å². The van der Waals surface area contributed by atoms with E-state index < -0.39 is 6.10 Å². The molecule has 1 heterocycles. The van der Waals surface area contributed by atoms with Gasteiger partial charge in [-0.1, -0.05) is 36.4 Å². The molecule has 0 saturated carbocycles. The minimum atomic E-state index is -0.592. The SMILES string of the molecule is O=C1Cc2ccc(CC(=O)N[C@@H]3c4ccccc4C[C@@H]3O)cc2N1. The summed E-state index contributed by atoms with van der Waals surface area (Å²) in [5.41, 5.74) is 4.66. The molecule has 0 saturated heterocycles. The van der Waals surface area contributed by atoms with Gasteiger partial charge >= 0.3 is 0 Å². The van der Waals surface area contributed by atoms with Gasteiger partial charge in [0.25, 0.3) is 0 Å². The molecule has 1 aliphatic carbocycles. The van der Waals surface area contributed by atoms with Crippen molar-refractivity contribution in [3.8, 4) is 0 Å². The predicted octanol–water partition coefficient (Wildman–Crippen LogP) is 1.50. The number of carbonyl (C=O) groups excluding carboxylic acids is 2. The van der Waals surface area contributed by atoms with Crippen LogP contribution in [0.3, 0.4) is 0 Å². The molecule has 2 atom stereocenters. The summed E-state index contributed by atoms with van der Waals surface area (Å²) in [6.45, 7) is 0. The van der Waals surface area contributed by atoms with E-state index in [1.54, 1.807) is 0 Å². The molecule has 122 valence electrons. The van der Waals surface area contributed by atoms with Crippen LogP contribution in [0.4, 0.5) is 5.69 Å². The summed E-state index contributed by atoms with van der Waals surface area (Å²) in [6, 6.07) is 13.0. The van der Waals surface area contributed by atoms with Gasteiger partial charge in [0.2, 0.25) is 11.8 Å². The number of nitrogens with one attached hydrogen (secondary N) is 2. The highest BCUT2D eigenvalue weighted by molar-refractivity contribution is 5.99. The summed E-state index contributed by atoms with van der Waals surface area (Å²) in [7, 11) is 0. The molecule has 2 aromatic rings. The van der Waals surface area contributed by atoms with Gasteiger partial charge in [-0.15, -0.1) is 0 Å². The lowest BCUT2D eigenvalue weighted by atomic mass is 10.0. The van der Waals surface area contributed by atoms with Gasteiger partial charge in [0.15, 0.2) is 0 Å². The molecule has 2 amide bonds. The van der Waals surface area contributed by atoms with Crippen molar-refractivity contribution < 1.29 is 14.7 Å². The fourth-order valence-electron chi connectivity index (χ4n) is 3.53. The van der Waals surface area contributed by atoms with Crippen molar-refractivity contribution in [1.82, 2.24) is 5.32 Å². The quantitative estimate of drug-likeness (QED) is 0.801. The van der Waals surface area contributed by atoms with E-state index in [0.29, 0.717) is 12.8 Å². The molecular formula is C19H18N2O3. The first-order valence-corrected chi connectivity index (χ1v) is 8.07. The molecule has 0 aromatic heterocycles. The van der Waals surface area contributed by atoms with Crippen LogP contribution >= 0.6 is 0 Å². The number of fused-ring (bicyclic) bond motifs is 2. The number of aliphatic hydroxyl groups is 1. The molecular weight excluding hydrogens is 304 g/mol. The number of carbonyl (C=O) groups is 2. The van der Waals surface area contributed by atoms with Gasteiger partial charge in [0, 0.05) is 12.1 Å². The Morgan fingerprint density at radius 2 is 2.04 bits per heavy atom. The standard InChI is InChI=1S/C19H18N2O3/c22-16-9-12-3-1-2-4-14(12)19(16)21-17(23)8-11-5-6-13-10-18(24)20-15(13)7-11/h1-7,16,19,22H,8-10H2,(H,20,24)(H,21,23)/t16-,19+/m0/s1. The largest absolute Gasteiger partial charge is 0.390 e. The topological polar surface area (TPSA) is 78.4 Å². The van der Waals surface area contributed by atoms with Gasteiger partial charge in [-0.2, -0.15) is 0 Å². The summed E-state index contributed by atoms with van der Waals surface area (Å²) in [5, 5.41) is 15.9. The molecule has 4 rings (SSSR count). The first-order chi connectivity index (χ1) is 11.6. The number of anilines is 1. The van der Waals surface area contributed by atoms with Crippen LogP contribution in [0.2, 0.25) is 0 Å². The number of rotatable bonds is 3. The lowest BCUT2D eigenvalue weighted by molar-refractivity contribution is -0.122. The van der Waals surface area contributed by atoms with Crippen molar-refractivity contribution in [2.45, 2.75) is 31.4 Å². The fourth-order valence-corrected chi connectivity index (χ4v) is 3.53. The van der Waals surface area contributed by atoms with Gasteiger partial charge in [-0.25, -0.2) is 0 Å². The monoisotopic (exact) mass is 322 g/mol. The van der Waals surface area contributed by atoms with Gasteiger partial charge in [0.1, 0.15) is 0 Å². The first kappa shape index (κ1) is 14.9. The van der Waals surface area contributed by atoms with E-state index in [1.807, 2.05) is 42.5 Å². The number of benzene rings is 2. The Morgan fingerprint density at radius 1 is 1.21 bits per heavy atom. The maximum Gasteiger partial charge on any atom is 0.228 e. The lowest BCUT2D eigenvalue weighted by Crippen LogP contribution is -2.34. The zero-order valence-corrected chi connectivity index (χ0v) is 13.1. The van der Waals surface area contributed by atoms with Gasteiger partial charge < -0.3 is 15.7 Å². The Hall–Kier alpha value is -2.66. The average Bonchev–Trinajstić information content (AvgIpc) is 3.06. The minimum absolute atomic E-state index is 0.0164. The van der Waals surface area contributed by atoms with E-state index in [2.05, 4.69) is 10.6 Å². The highest BCUT2D eigenvalue weighted by atomic mass is 16.3. The molecule has 0 spiro atoms. The maximum absolute atomic E-state index is 12.4. The predicted molar refractivity (Wildman–Crippen MR) is 89.5 cm³/mol. The number of hydrogen-bond acceptors (Lipinski definition) is 3. The molecule has 5 nitrogen and oxygen atoms in total. The third kappa shape index (κ3) is 2.67. The zero-order chi connectivity index (χ0) is 16.7. The summed E-state index contributed by atoms with van der Waals surface area (Å²) < 4.78 is 0. The van der Waals surface area contributed by atoms with Crippen molar-refractivity contribution in [2.75, 3.05) is 5.32 Å². The fraction of sp³-hybridized carbons (Fsp3) is 0.263. The van der Waals surface area contributed by atoms with Crippen LogP contribution < -0.4 is 10.6 Å². The van der Waals surface area contributed by atoms with Crippen LogP contribution in [0.1, 0.15) is 28.3 Å². The van der Waals surface area contributed by atoms with E-state index in [4.69, 9.17) is 0 Å². The second kappa shape index (κ2) is 5.76. The maximum atomic E-state index is 12.4. The highest BCUT2D eigenvalue weighted by Gasteiger charge is 2.31. The molecule has 2 aromatic carbocycles. The second-order valence-corrected chi connectivity index (χ2v) is 6.41. The van der Waals surface area contributed by atoms with Crippen LogP contribution in [-0.4, -0.2) is 23.0 Å². The molecule has 5 heteroatoms. The van der Waals surface area contributed by atoms with Gasteiger partial charge in [0.05, 0.1) is 25.0 Å². The van der Waals surface area contributed by atoms with E-state index in [0.717, 1.165) is 27.9 Å². The van der Waals surface area contributed by atoms with E-state index >= 15 is 0 Å². The smallest absolute Gasteiger partial charge is 0.228 e. The van der Waals surface area contributed by atoms with Crippen LogP contribution in [0.15, 0.2) is 42.5 Å². The first-order valence-electron chi connectivity index (χ1n) is 8.07. The Morgan fingerprint density at radius 3 is 2.92 bits per heavy atom. The summed E-state index contributed by atoms with van der Waals surface area (Å²) in [4.78, 5) is 23.8. The summed E-state index contributed by atoms with van der Waals surface area (Å²) in [5.74, 6) is -0.155. The molecule has 24 heavy (non-hydrogen) atoms. The normalized spacial score (nSPS) is 21.1. The number of hydrogen-bond donors (Lipinski definition) is 3. The van der Waals surface area contributed by atoms with Crippen molar-refractivity contribution in [3.63, 3.8) is 0 Å². The number of amides is 2. The lowest BCUT2D eigenvalue weighted by Gasteiger charge is -2.18. The number of aliphatic hydroxyl groups excluding tert-OH is 1. The molecule has 2 aliphatic rings. The summed E-state index contributed by atoms with van der Waals surface area (Å²) in [6.07, 6.45) is 0.582. The van der Waals surface area contributed by atoms with Gasteiger partial charge in [-0.3, -0.25) is 9.59 Å². The third-order valence-corrected chi connectivity index (χ3v) is 4.68. The molecule has 3 N–H and O–H groups in total. The van der Waals surface area contributed by atoms with Crippen LogP contribution in [0.25, 0.3) is 0 Å². The van der Waals surface area contributed by atoms with E-state index in [-0.39, 0.29) is 24.3 Å². The average molecular weight is 322 g/mol. The Kier molecular flexibility index (Phi) is 3.58. The van der Waals surface area contributed by atoms with E-state index in [9.17, 15) is 14.7 Å². The van der Waals surface area contributed by atoms with E-state index in [1.165, 1.54) is 0 Å². The van der Waals surface area contributed by atoms with Crippen molar-refractivity contribution in [2.24, 2.45) is 0 Å². The Labute approximate surface area is 139 Å². The molecule has 1 aliphatic heterocycles. The third-order valence-electron chi connectivity index (χ3n) is 4.68. The molecule has 0 radical (unpaired) electrons. The molecule has 0 bridgehead atoms. The zero-order valence-electron chi connectivity index (χ0n) is 13.1. The minimum Gasteiger partial charge on any atom is -0.390 e. The van der Waals surface area contributed by atoms with Crippen LogP contribution in [0.5, 0.6) is 0 Å². The van der Waals surface area contributed by atoms with Gasteiger partial charge in [-0.05, 0) is 28.3 Å².